The second-order valence-corrected chi connectivity index (χ2v) is 12.0. The summed E-state index contributed by atoms with van der Waals surface area (Å²) in [5, 5.41) is 7.15. The van der Waals surface area contributed by atoms with Crippen molar-refractivity contribution in [2.24, 2.45) is 0 Å². The number of carbonyl (C=O) groups excluding carboxylic acids is 2. The summed E-state index contributed by atoms with van der Waals surface area (Å²) in [6, 6.07) is 11.6. The summed E-state index contributed by atoms with van der Waals surface area (Å²) in [5.74, 6) is -0.709. The number of rotatable bonds is 5. The van der Waals surface area contributed by atoms with Gasteiger partial charge in [0.25, 0.3) is 0 Å². The van der Waals surface area contributed by atoms with Crippen molar-refractivity contribution in [1.82, 2.24) is 25.1 Å². The van der Waals surface area contributed by atoms with Crippen LogP contribution in [0.5, 0.6) is 0 Å². The van der Waals surface area contributed by atoms with Crippen molar-refractivity contribution in [3.8, 4) is 0 Å². The number of aromatic amines is 1. The van der Waals surface area contributed by atoms with E-state index < -0.39 is 11.8 Å². The lowest BCUT2D eigenvalue weighted by Crippen LogP contribution is -2.48. The second kappa shape index (κ2) is 11.3. The van der Waals surface area contributed by atoms with Gasteiger partial charge in [-0.1, -0.05) is 29.3 Å². The molecule has 2 N–H and O–H groups in total. The molecule has 0 spiro atoms. The number of H-pyrrole nitrogens is 1. The summed E-state index contributed by atoms with van der Waals surface area (Å²) in [6.07, 6.45) is 6.38. The number of benzene rings is 1. The van der Waals surface area contributed by atoms with E-state index in [4.69, 9.17) is 23.2 Å². The Morgan fingerprint density at radius 2 is 1.97 bits per heavy atom. The van der Waals surface area contributed by atoms with Crippen LogP contribution in [0.3, 0.4) is 0 Å². The minimum Gasteiger partial charge on any atom is -0.346 e. The van der Waals surface area contributed by atoms with Crippen molar-refractivity contribution in [2.45, 2.75) is 37.8 Å². The van der Waals surface area contributed by atoms with Gasteiger partial charge in [-0.25, -0.2) is 4.98 Å². The zero-order chi connectivity index (χ0) is 26.9. The van der Waals surface area contributed by atoms with Gasteiger partial charge in [-0.05, 0) is 77.6 Å². The first-order chi connectivity index (χ1) is 19.0. The van der Waals surface area contributed by atoms with Gasteiger partial charge in [0.05, 0.1) is 16.1 Å². The maximum atomic E-state index is 13.1. The fourth-order valence-electron chi connectivity index (χ4n) is 5.83. The van der Waals surface area contributed by atoms with E-state index in [1.165, 1.54) is 16.0 Å². The zero-order valence-electron chi connectivity index (χ0n) is 21.3. The van der Waals surface area contributed by atoms with E-state index in [2.05, 4.69) is 37.7 Å². The van der Waals surface area contributed by atoms with Gasteiger partial charge in [-0.2, -0.15) is 0 Å². The van der Waals surface area contributed by atoms with E-state index in [1.807, 2.05) is 24.4 Å². The Bertz CT molecular complexity index is 1510. The fourth-order valence-corrected chi connectivity index (χ4v) is 7.03. The van der Waals surface area contributed by atoms with Crippen LogP contribution in [0, 0.1) is 0 Å². The molecular formula is C29H29Cl2N5O2S. The van der Waals surface area contributed by atoms with Crippen molar-refractivity contribution >= 4 is 57.4 Å². The van der Waals surface area contributed by atoms with Gasteiger partial charge >= 0.3 is 11.8 Å². The van der Waals surface area contributed by atoms with Gasteiger partial charge < -0.3 is 15.2 Å². The Balaban J connectivity index is 1.10. The first-order valence-electron chi connectivity index (χ1n) is 13.2. The number of likely N-dealkylation sites (tertiary alicyclic amines) is 1. The van der Waals surface area contributed by atoms with E-state index in [9.17, 15) is 9.59 Å². The Kier molecular flexibility index (Phi) is 7.62. The van der Waals surface area contributed by atoms with Crippen LogP contribution in [0.4, 0.5) is 0 Å². The van der Waals surface area contributed by atoms with Crippen LogP contribution in [0.25, 0.3) is 11.0 Å². The standard InChI is InChI=1S/C29H29Cl2N5O2S/c30-23-4-3-19(14-24(23)31)25(36-12-7-26-20(17-36)8-13-39-26)16-34-28(37)29(38)35-10-5-18(6-11-35)22-15-33-27-21(22)2-1-9-32-27/h1-4,8-9,13-15,18,25H,5-7,10-12,16-17H2,(H,32,33)(H,34,37). The molecule has 2 aliphatic rings. The van der Waals surface area contributed by atoms with Crippen LogP contribution >= 0.6 is 34.5 Å². The molecule has 1 aromatic carbocycles. The number of piperidine rings is 1. The first-order valence-corrected chi connectivity index (χ1v) is 14.8. The highest BCUT2D eigenvalue weighted by Gasteiger charge is 2.31. The van der Waals surface area contributed by atoms with Crippen LogP contribution < -0.4 is 5.32 Å². The molecule has 0 aliphatic carbocycles. The highest BCUT2D eigenvalue weighted by molar-refractivity contribution is 7.10. The smallest absolute Gasteiger partial charge is 0.311 e. The number of hydrogen-bond acceptors (Lipinski definition) is 5. The molecule has 3 aromatic heterocycles. The summed E-state index contributed by atoms with van der Waals surface area (Å²) in [7, 11) is 0. The van der Waals surface area contributed by atoms with Crippen LogP contribution in [-0.4, -0.2) is 57.8 Å². The normalized spacial score (nSPS) is 17.2. The maximum Gasteiger partial charge on any atom is 0.311 e. The molecule has 7 nitrogen and oxygen atoms in total. The Morgan fingerprint density at radius 1 is 1.13 bits per heavy atom. The lowest BCUT2D eigenvalue weighted by Gasteiger charge is -2.35. The fraction of sp³-hybridized carbons (Fsp3) is 0.345. The number of hydrogen-bond donors (Lipinski definition) is 2. The summed E-state index contributed by atoms with van der Waals surface area (Å²) in [6.45, 7) is 3.05. The van der Waals surface area contributed by atoms with Crippen molar-refractivity contribution in [2.75, 3.05) is 26.2 Å². The first kappa shape index (κ1) is 26.3. The Morgan fingerprint density at radius 3 is 2.79 bits per heavy atom. The summed E-state index contributed by atoms with van der Waals surface area (Å²) in [5.41, 5.74) is 4.39. The highest BCUT2D eigenvalue weighted by atomic mass is 35.5. The average molecular weight is 583 g/mol. The molecule has 1 unspecified atom stereocenters. The molecule has 2 aliphatic heterocycles. The molecule has 0 radical (unpaired) electrons. The monoisotopic (exact) mass is 581 g/mol. The zero-order valence-corrected chi connectivity index (χ0v) is 23.7. The molecule has 1 fully saturated rings. The minimum absolute atomic E-state index is 0.134. The number of nitrogens with one attached hydrogen (secondary N) is 2. The molecule has 0 saturated carbocycles. The molecule has 1 saturated heterocycles. The Hall–Kier alpha value is -2.91. The largest absolute Gasteiger partial charge is 0.346 e. The maximum absolute atomic E-state index is 13.1. The predicted octanol–water partition coefficient (Wildman–Crippen LogP) is 5.55. The Labute approximate surface area is 241 Å². The van der Waals surface area contributed by atoms with E-state index in [0.29, 0.717) is 35.6 Å². The van der Waals surface area contributed by atoms with Crippen LogP contribution in [0.2, 0.25) is 10.0 Å². The van der Waals surface area contributed by atoms with Crippen LogP contribution in [0.1, 0.15) is 46.4 Å². The van der Waals surface area contributed by atoms with Crippen LogP contribution in [0.15, 0.2) is 54.2 Å². The van der Waals surface area contributed by atoms with Crippen LogP contribution in [-0.2, 0) is 22.6 Å². The number of nitrogens with zero attached hydrogens (tertiary/aromatic N) is 3. The molecule has 202 valence electrons. The number of amides is 2. The number of halogens is 2. The number of aromatic nitrogens is 2. The van der Waals surface area contributed by atoms with Crippen molar-refractivity contribution in [3.63, 3.8) is 0 Å². The summed E-state index contributed by atoms with van der Waals surface area (Å²) >= 11 is 14.3. The quantitative estimate of drug-likeness (QED) is 0.303. The molecule has 2 amide bonds. The number of fused-ring (bicyclic) bond motifs is 2. The number of thiophene rings is 1. The van der Waals surface area contributed by atoms with E-state index in [-0.39, 0.29) is 6.04 Å². The molecule has 39 heavy (non-hydrogen) atoms. The van der Waals surface area contributed by atoms with Gasteiger partial charge in [0.2, 0.25) is 0 Å². The highest BCUT2D eigenvalue weighted by Crippen LogP contribution is 2.34. The SMILES string of the molecule is O=C(NCC(c1ccc(Cl)c(Cl)c1)N1CCc2sccc2C1)C(=O)N1CCC(c2c[nH]c3ncccc23)CC1. The lowest BCUT2D eigenvalue weighted by molar-refractivity contribution is -0.146. The lowest BCUT2D eigenvalue weighted by atomic mass is 9.89. The van der Waals surface area contributed by atoms with Gasteiger partial charge in [0.15, 0.2) is 0 Å². The third-order valence-corrected chi connectivity index (χ3v) is 9.72. The molecule has 4 aromatic rings. The van der Waals surface area contributed by atoms with Gasteiger partial charge in [0.1, 0.15) is 5.65 Å². The summed E-state index contributed by atoms with van der Waals surface area (Å²) in [4.78, 5) is 39.2. The number of pyridine rings is 1. The van der Waals surface area contributed by atoms with Gasteiger partial charge in [0, 0.05) is 55.4 Å². The van der Waals surface area contributed by atoms with Crippen molar-refractivity contribution < 1.29 is 9.59 Å². The van der Waals surface area contributed by atoms with E-state index >= 15 is 0 Å². The number of carbonyl (C=O) groups is 2. The predicted molar refractivity (Wildman–Crippen MR) is 155 cm³/mol. The minimum atomic E-state index is -0.567. The van der Waals surface area contributed by atoms with E-state index in [0.717, 1.165) is 48.9 Å². The van der Waals surface area contributed by atoms with Crippen molar-refractivity contribution in [1.29, 1.82) is 0 Å². The third kappa shape index (κ3) is 5.43. The topological polar surface area (TPSA) is 81.3 Å². The average Bonchev–Trinajstić information content (AvgIpc) is 3.61. The second-order valence-electron chi connectivity index (χ2n) is 10.2. The van der Waals surface area contributed by atoms with Gasteiger partial charge in [-0.3, -0.25) is 14.5 Å². The molecule has 5 heterocycles. The van der Waals surface area contributed by atoms with E-state index in [1.54, 1.807) is 28.5 Å². The van der Waals surface area contributed by atoms with Crippen molar-refractivity contribution in [3.05, 3.63) is 85.8 Å². The molecule has 0 bridgehead atoms. The molecule has 6 rings (SSSR count). The summed E-state index contributed by atoms with van der Waals surface area (Å²) < 4.78 is 0. The third-order valence-electron chi connectivity index (χ3n) is 7.96. The molecule has 1 atom stereocenters. The molecule has 10 heteroatoms. The molecular weight excluding hydrogens is 553 g/mol. The van der Waals surface area contributed by atoms with Gasteiger partial charge in [-0.15, -0.1) is 11.3 Å².